The zero-order chi connectivity index (χ0) is 22.1. The number of carbonyl (C=O) groups excluding carboxylic acids is 1. The average molecular weight is 420 g/mol. The Balaban J connectivity index is 2.32. The molecule has 1 aliphatic heterocycles. The lowest BCUT2D eigenvalue weighted by molar-refractivity contribution is -0.139. The molecule has 0 bridgehead atoms. The molecule has 0 spiro atoms. The number of phenolic OH excluding ortho intramolecular Hbond substituents is 1. The van der Waals surface area contributed by atoms with E-state index in [0.717, 1.165) is 0 Å². The fourth-order valence-electron chi connectivity index (χ4n) is 4.00. The minimum atomic E-state index is -4.86. The van der Waals surface area contributed by atoms with Crippen LogP contribution in [0.2, 0.25) is 0 Å². The Morgan fingerprint density at radius 1 is 1.33 bits per heavy atom. The maximum atomic E-state index is 14.0. The SMILES string of the molecule is Cc1ccc(O)c(C)c1-n1c(N)c(C(N)=O)c2c(C(F)(F)F)nc3c(c21)OC[C@@H]3C. The first kappa shape index (κ1) is 19.9. The van der Waals surface area contributed by atoms with E-state index in [9.17, 15) is 23.1 Å². The minimum absolute atomic E-state index is 0.0419. The molecule has 0 unspecified atom stereocenters. The largest absolute Gasteiger partial charge is 0.508 e. The molecule has 1 aliphatic rings. The predicted molar refractivity (Wildman–Crippen MR) is 104 cm³/mol. The first-order valence-electron chi connectivity index (χ1n) is 9.12. The zero-order valence-corrected chi connectivity index (χ0v) is 16.4. The number of nitrogens with zero attached hydrogens (tertiary/aromatic N) is 2. The standard InChI is InChI=1S/C20H19F3N4O3/c1-7-4-5-10(28)9(3)14(7)27-15-11(12(18(27)24)19(25)29)17(20(21,22)23)26-13-8(2)6-30-16(13)15/h4-5,8,28H,6,24H2,1-3H3,(H2,25,29)/t8-/m0/s1. The molecule has 1 aromatic carbocycles. The molecule has 3 heterocycles. The fourth-order valence-corrected chi connectivity index (χ4v) is 4.00. The molecule has 3 aromatic rings. The summed E-state index contributed by atoms with van der Waals surface area (Å²) in [5, 5.41) is 9.70. The average Bonchev–Trinajstić information content (AvgIpc) is 3.15. The molecule has 4 rings (SSSR count). The summed E-state index contributed by atoms with van der Waals surface area (Å²) < 4.78 is 48.9. The van der Waals surface area contributed by atoms with Gasteiger partial charge in [-0.15, -0.1) is 0 Å². The highest BCUT2D eigenvalue weighted by atomic mass is 19.4. The van der Waals surface area contributed by atoms with Crippen molar-refractivity contribution in [1.82, 2.24) is 9.55 Å². The van der Waals surface area contributed by atoms with Crippen LogP contribution in [0.5, 0.6) is 11.5 Å². The number of carbonyl (C=O) groups is 1. The van der Waals surface area contributed by atoms with Gasteiger partial charge in [0.05, 0.1) is 23.6 Å². The molecular formula is C20H19F3N4O3. The number of pyridine rings is 1. The van der Waals surface area contributed by atoms with Gasteiger partial charge in [-0.3, -0.25) is 9.36 Å². The van der Waals surface area contributed by atoms with E-state index < -0.39 is 34.6 Å². The summed E-state index contributed by atoms with van der Waals surface area (Å²) in [5.41, 5.74) is 11.3. The van der Waals surface area contributed by atoms with Crippen LogP contribution in [0.4, 0.5) is 19.0 Å². The number of primary amides is 1. The summed E-state index contributed by atoms with van der Waals surface area (Å²) in [4.78, 5) is 16.0. The van der Waals surface area contributed by atoms with Crippen LogP contribution in [-0.4, -0.2) is 27.2 Å². The maximum Gasteiger partial charge on any atom is 0.434 e. The number of hydrogen-bond acceptors (Lipinski definition) is 5. The summed E-state index contributed by atoms with van der Waals surface area (Å²) in [5.74, 6) is -1.75. The number of rotatable bonds is 2. The molecule has 1 amide bonds. The number of amides is 1. The second kappa shape index (κ2) is 6.28. The lowest BCUT2D eigenvalue weighted by atomic mass is 10.0. The summed E-state index contributed by atoms with van der Waals surface area (Å²) in [6.07, 6.45) is -4.86. The topological polar surface area (TPSA) is 116 Å². The van der Waals surface area contributed by atoms with E-state index >= 15 is 0 Å². The number of aryl methyl sites for hydroxylation is 1. The van der Waals surface area contributed by atoms with Crippen LogP contribution in [-0.2, 0) is 6.18 Å². The van der Waals surface area contributed by atoms with Crippen LogP contribution >= 0.6 is 0 Å². The molecule has 0 radical (unpaired) electrons. The van der Waals surface area contributed by atoms with Crippen LogP contribution in [0.3, 0.4) is 0 Å². The molecule has 5 N–H and O–H groups in total. The summed E-state index contributed by atoms with van der Waals surface area (Å²) in [6.45, 7) is 5.14. The van der Waals surface area contributed by atoms with Crippen LogP contribution in [0.15, 0.2) is 12.1 Å². The molecule has 1 atom stereocenters. The third kappa shape index (κ3) is 2.59. The number of ether oxygens (including phenoxy) is 1. The van der Waals surface area contributed by atoms with Crippen LogP contribution in [0.25, 0.3) is 16.6 Å². The number of nitrogen functional groups attached to an aromatic ring is 1. The molecule has 0 aliphatic carbocycles. The van der Waals surface area contributed by atoms with Gasteiger partial charge in [0.15, 0.2) is 11.4 Å². The third-order valence-electron chi connectivity index (χ3n) is 5.41. The molecule has 2 aromatic heterocycles. The number of alkyl halides is 3. The second-order valence-corrected chi connectivity index (χ2v) is 7.44. The van der Waals surface area contributed by atoms with Crippen LogP contribution in [0, 0.1) is 13.8 Å². The smallest absolute Gasteiger partial charge is 0.434 e. The van der Waals surface area contributed by atoms with Gasteiger partial charge in [-0.05, 0) is 25.5 Å². The van der Waals surface area contributed by atoms with Gasteiger partial charge in [0.1, 0.15) is 17.1 Å². The van der Waals surface area contributed by atoms with E-state index in [1.165, 1.54) is 10.6 Å². The number of anilines is 1. The summed E-state index contributed by atoms with van der Waals surface area (Å²) in [7, 11) is 0. The van der Waals surface area contributed by atoms with Gasteiger partial charge in [0, 0.05) is 16.9 Å². The summed E-state index contributed by atoms with van der Waals surface area (Å²) >= 11 is 0. The number of phenols is 1. The molecule has 158 valence electrons. The first-order valence-corrected chi connectivity index (χ1v) is 9.12. The number of aromatic hydroxyl groups is 1. The number of fused-ring (bicyclic) bond motifs is 3. The number of benzene rings is 1. The number of nitrogens with two attached hydrogens (primary N) is 2. The van der Waals surface area contributed by atoms with Crippen molar-refractivity contribution >= 4 is 22.6 Å². The Labute approximate surface area is 169 Å². The second-order valence-electron chi connectivity index (χ2n) is 7.44. The zero-order valence-electron chi connectivity index (χ0n) is 16.4. The van der Waals surface area contributed by atoms with Crippen molar-refractivity contribution in [3.63, 3.8) is 0 Å². The molecule has 10 heteroatoms. The molecular weight excluding hydrogens is 401 g/mol. The number of halogens is 3. The van der Waals surface area contributed by atoms with E-state index in [1.807, 2.05) is 0 Å². The van der Waals surface area contributed by atoms with Gasteiger partial charge in [-0.1, -0.05) is 13.0 Å². The quantitative estimate of drug-likeness (QED) is 0.586. The van der Waals surface area contributed by atoms with Crippen molar-refractivity contribution in [2.75, 3.05) is 12.3 Å². The number of hydrogen-bond donors (Lipinski definition) is 3. The Kier molecular flexibility index (Phi) is 4.16. The van der Waals surface area contributed by atoms with Gasteiger partial charge in [0.25, 0.3) is 5.91 Å². The Bertz CT molecular complexity index is 1230. The van der Waals surface area contributed by atoms with Crippen molar-refractivity contribution in [2.24, 2.45) is 5.73 Å². The molecule has 0 fully saturated rings. The highest BCUT2D eigenvalue weighted by molar-refractivity contribution is 6.14. The van der Waals surface area contributed by atoms with Crippen molar-refractivity contribution in [3.05, 3.63) is 40.2 Å². The number of aromatic nitrogens is 2. The molecule has 0 saturated carbocycles. The maximum absolute atomic E-state index is 14.0. The first-order chi connectivity index (χ1) is 13.9. The van der Waals surface area contributed by atoms with Crippen molar-refractivity contribution in [3.8, 4) is 17.2 Å². The minimum Gasteiger partial charge on any atom is -0.508 e. The highest BCUT2D eigenvalue weighted by Crippen LogP contribution is 2.48. The third-order valence-corrected chi connectivity index (χ3v) is 5.41. The van der Waals surface area contributed by atoms with Gasteiger partial charge >= 0.3 is 6.18 Å². The van der Waals surface area contributed by atoms with E-state index in [-0.39, 0.29) is 35.1 Å². The highest BCUT2D eigenvalue weighted by Gasteiger charge is 2.42. The fraction of sp³-hybridized carbons (Fsp3) is 0.300. The molecule has 7 nitrogen and oxygen atoms in total. The van der Waals surface area contributed by atoms with Crippen LogP contribution < -0.4 is 16.2 Å². The Hall–Kier alpha value is -3.43. The lowest BCUT2D eigenvalue weighted by Crippen LogP contribution is -2.16. The van der Waals surface area contributed by atoms with Crippen molar-refractivity contribution in [2.45, 2.75) is 32.9 Å². The van der Waals surface area contributed by atoms with Crippen molar-refractivity contribution < 1.29 is 27.8 Å². The van der Waals surface area contributed by atoms with E-state index in [0.29, 0.717) is 16.8 Å². The van der Waals surface area contributed by atoms with Gasteiger partial charge < -0.3 is 21.3 Å². The van der Waals surface area contributed by atoms with Crippen molar-refractivity contribution in [1.29, 1.82) is 0 Å². The molecule has 0 saturated heterocycles. The monoisotopic (exact) mass is 420 g/mol. The molecule has 30 heavy (non-hydrogen) atoms. The Morgan fingerprint density at radius 2 is 2.00 bits per heavy atom. The van der Waals surface area contributed by atoms with E-state index in [4.69, 9.17) is 16.2 Å². The Morgan fingerprint density at radius 3 is 2.60 bits per heavy atom. The normalized spacial score (nSPS) is 16.0. The van der Waals surface area contributed by atoms with E-state index in [1.54, 1.807) is 26.8 Å². The van der Waals surface area contributed by atoms with E-state index in [2.05, 4.69) is 4.98 Å². The lowest BCUT2D eigenvalue weighted by Gasteiger charge is -2.17. The van der Waals surface area contributed by atoms with Gasteiger partial charge in [-0.25, -0.2) is 4.98 Å². The summed E-state index contributed by atoms with van der Waals surface area (Å²) in [6, 6.07) is 3.07. The van der Waals surface area contributed by atoms with Gasteiger partial charge in [-0.2, -0.15) is 13.2 Å². The predicted octanol–water partition coefficient (Wildman–Crippen LogP) is 3.54. The van der Waals surface area contributed by atoms with Crippen LogP contribution in [0.1, 0.15) is 45.7 Å². The van der Waals surface area contributed by atoms with Gasteiger partial charge in [0.2, 0.25) is 0 Å².